The normalized spacial score (nSPS) is 22.9. The van der Waals surface area contributed by atoms with Crippen molar-refractivity contribution in [3.63, 3.8) is 0 Å². The van der Waals surface area contributed by atoms with Gasteiger partial charge in [-0.3, -0.25) is 0 Å². The van der Waals surface area contributed by atoms with Crippen LogP contribution in [0.15, 0.2) is 17.0 Å². The molecule has 0 aliphatic heterocycles. The molecule has 1 fully saturated rings. The van der Waals surface area contributed by atoms with Crippen molar-refractivity contribution in [2.24, 2.45) is 5.92 Å². The maximum atomic E-state index is 13.7. The van der Waals surface area contributed by atoms with E-state index in [2.05, 4.69) is 4.72 Å². The molecule has 1 aromatic rings. The number of halogens is 1. The molecule has 1 aliphatic rings. The van der Waals surface area contributed by atoms with Crippen LogP contribution in [0.1, 0.15) is 26.2 Å². The summed E-state index contributed by atoms with van der Waals surface area (Å²) in [5, 5.41) is 0. The highest BCUT2D eigenvalue weighted by atomic mass is 32.2. The zero-order valence-corrected chi connectivity index (χ0v) is 12.3. The molecular weight excluding hydrogens is 283 g/mol. The number of nitrogens with two attached hydrogens (primary N) is 1. The molecule has 0 aromatic heterocycles. The van der Waals surface area contributed by atoms with Gasteiger partial charge in [0.15, 0.2) is 11.6 Å². The number of rotatable bonds is 4. The van der Waals surface area contributed by atoms with Crippen LogP contribution in [0.3, 0.4) is 0 Å². The average molecular weight is 302 g/mol. The lowest BCUT2D eigenvalue weighted by molar-refractivity contribution is 0.388. The molecule has 1 aromatic carbocycles. The number of sulfonamides is 1. The first-order chi connectivity index (χ1) is 9.35. The van der Waals surface area contributed by atoms with E-state index in [1.807, 2.05) is 6.92 Å². The van der Waals surface area contributed by atoms with Crippen LogP contribution in [-0.4, -0.2) is 21.6 Å². The fourth-order valence-corrected chi connectivity index (χ4v) is 3.97. The highest BCUT2D eigenvalue weighted by Gasteiger charge is 2.29. The molecule has 7 heteroatoms. The molecule has 0 radical (unpaired) electrons. The van der Waals surface area contributed by atoms with E-state index in [0.29, 0.717) is 0 Å². The number of methoxy groups -OCH3 is 1. The molecule has 0 amide bonds. The Morgan fingerprint density at radius 2 is 2.10 bits per heavy atom. The van der Waals surface area contributed by atoms with E-state index in [9.17, 15) is 12.8 Å². The minimum absolute atomic E-state index is 0.0349. The average Bonchev–Trinajstić information content (AvgIpc) is 2.74. The number of benzene rings is 1. The molecule has 1 aliphatic carbocycles. The van der Waals surface area contributed by atoms with Crippen LogP contribution >= 0.6 is 0 Å². The Bertz CT molecular complexity index is 581. The van der Waals surface area contributed by atoms with Gasteiger partial charge in [0.05, 0.1) is 17.7 Å². The summed E-state index contributed by atoms with van der Waals surface area (Å²) in [6.45, 7) is 2.00. The van der Waals surface area contributed by atoms with Gasteiger partial charge in [-0.05, 0) is 30.9 Å². The summed E-state index contributed by atoms with van der Waals surface area (Å²) in [7, 11) is -2.49. The molecule has 0 spiro atoms. The summed E-state index contributed by atoms with van der Waals surface area (Å²) < 4.78 is 45.7. The predicted molar refractivity (Wildman–Crippen MR) is 74.5 cm³/mol. The summed E-state index contributed by atoms with van der Waals surface area (Å²) in [5.74, 6) is -0.643. The number of hydrogen-bond donors (Lipinski definition) is 2. The van der Waals surface area contributed by atoms with Gasteiger partial charge < -0.3 is 10.5 Å². The zero-order chi connectivity index (χ0) is 14.9. The van der Waals surface area contributed by atoms with Crippen LogP contribution < -0.4 is 15.2 Å². The number of nitrogens with one attached hydrogen (secondary N) is 1. The lowest BCUT2D eigenvalue weighted by Crippen LogP contribution is -2.36. The summed E-state index contributed by atoms with van der Waals surface area (Å²) in [6, 6.07) is 2.03. The summed E-state index contributed by atoms with van der Waals surface area (Å²) in [5.41, 5.74) is 5.57. The molecule has 2 unspecified atom stereocenters. The SMILES string of the molecule is COc1c(N)cc(S(=O)(=O)NC2CCCC2C)cc1F. The highest BCUT2D eigenvalue weighted by molar-refractivity contribution is 7.89. The zero-order valence-electron chi connectivity index (χ0n) is 11.5. The first kappa shape index (κ1) is 15.1. The predicted octanol–water partition coefficient (Wildman–Crippen LogP) is 1.88. The van der Waals surface area contributed by atoms with Crippen LogP contribution in [-0.2, 0) is 10.0 Å². The van der Waals surface area contributed by atoms with Gasteiger partial charge in [-0.2, -0.15) is 0 Å². The summed E-state index contributed by atoms with van der Waals surface area (Å²) >= 11 is 0. The van der Waals surface area contributed by atoms with Crippen molar-refractivity contribution in [1.29, 1.82) is 0 Å². The van der Waals surface area contributed by atoms with Crippen molar-refractivity contribution in [3.05, 3.63) is 17.9 Å². The third-order valence-electron chi connectivity index (χ3n) is 3.73. The maximum absolute atomic E-state index is 13.7. The van der Waals surface area contributed by atoms with Gasteiger partial charge in [0.25, 0.3) is 0 Å². The third-order valence-corrected chi connectivity index (χ3v) is 5.20. The molecule has 0 bridgehead atoms. The second kappa shape index (κ2) is 5.57. The molecule has 20 heavy (non-hydrogen) atoms. The van der Waals surface area contributed by atoms with E-state index < -0.39 is 15.8 Å². The van der Waals surface area contributed by atoms with E-state index in [1.165, 1.54) is 13.2 Å². The largest absolute Gasteiger partial charge is 0.492 e. The van der Waals surface area contributed by atoms with Crippen LogP contribution in [0.5, 0.6) is 5.75 Å². The number of anilines is 1. The van der Waals surface area contributed by atoms with Crippen molar-refractivity contribution in [3.8, 4) is 5.75 Å². The van der Waals surface area contributed by atoms with E-state index in [-0.39, 0.29) is 28.3 Å². The molecule has 0 heterocycles. The molecular formula is C13H19FN2O3S. The van der Waals surface area contributed by atoms with Crippen LogP contribution in [0.25, 0.3) is 0 Å². The smallest absolute Gasteiger partial charge is 0.241 e. The van der Waals surface area contributed by atoms with E-state index in [0.717, 1.165) is 25.3 Å². The second-order valence-corrected chi connectivity index (χ2v) is 6.88. The molecule has 1 saturated carbocycles. The van der Waals surface area contributed by atoms with Crippen molar-refractivity contribution >= 4 is 15.7 Å². The summed E-state index contributed by atoms with van der Waals surface area (Å²) in [6.07, 6.45) is 2.79. The molecule has 2 rings (SSSR count). The van der Waals surface area contributed by atoms with Gasteiger partial charge in [0.2, 0.25) is 10.0 Å². The fourth-order valence-electron chi connectivity index (χ4n) is 2.55. The topological polar surface area (TPSA) is 81.4 Å². The molecule has 3 N–H and O–H groups in total. The van der Waals surface area contributed by atoms with E-state index >= 15 is 0 Å². The summed E-state index contributed by atoms with van der Waals surface area (Å²) in [4.78, 5) is -0.174. The highest BCUT2D eigenvalue weighted by Crippen LogP contribution is 2.30. The lowest BCUT2D eigenvalue weighted by atomic mass is 10.1. The van der Waals surface area contributed by atoms with Gasteiger partial charge in [-0.15, -0.1) is 0 Å². The van der Waals surface area contributed by atoms with Gasteiger partial charge in [-0.1, -0.05) is 13.3 Å². The van der Waals surface area contributed by atoms with Gasteiger partial charge in [0.1, 0.15) is 0 Å². The third kappa shape index (κ3) is 2.88. The maximum Gasteiger partial charge on any atom is 0.241 e. The van der Waals surface area contributed by atoms with E-state index in [1.54, 1.807) is 0 Å². The van der Waals surface area contributed by atoms with Crippen molar-refractivity contribution in [1.82, 2.24) is 4.72 Å². The Labute approximate surface area is 118 Å². The van der Waals surface area contributed by atoms with Crippen LogP contribution in [0.4, 0.5) is 10.1 Å². The van der Waals surface area contributed by atoms with Crippen molar-refractivity contribution in [2.75, 3.05) is 12.8 Å². The Balaban J connectivity index is 2.30. The van der Waals surface area contributed by atoms with Crippen molar-refractivity contribution in [2.45, 2.75) is 37.1 Å². The first-order valence-electron chi connectivity index (χ1n) is 6.50. The Kier molecular flexibility index (Phi) is 4.19. The minimum atomic E-state index is -3.77. The Morgan fingerprint density at radius 3 is 2.60 bits per heavy atom. The standard InChI is InChI=1S/C13H19FN2O3S/c1-8-4-3-5-12(8)16-20(17,18)9-6-10(14)13(19-2)11(15)7-9/h6-8,12,16H,3-5,15H2,1-2H3. The van der Waals surface area contributed by atoms with Gasteiger partial charge in [0, 0.05) is 6.04 Å². The van der Waals surface area contributed by atoms with Crippen molar-refractivity contribution < 1.29 is 17.5 Å². The Hall–Kier alpha value is -1.34. The molecule has 0 saturated heterocycles. The second-order valence-electron chi connectivity index (χ2n) is 5.16. The Morgan fingerprint density at radius 1 is 1.40 bits per heavy atom. The molecule has 2 atom stereocenters. The number of hydrogen-bond acceptors (Lipinski definition) is 4. The first-order valence-corrected chi connectivity index (χ1v) is 7.99. The fraction of sp³-hybridized carbons (Fsp3) is 0.538. The number of ether oxygens (including phenoxy) is 1. The van der Waals surface area contributed by atoms with Gasteiger partial charge >= 0.3 is 0 Å². The van der Waals surface area contributed by atoms with Crippen LogP contribution in [0, 0.1) is 11.7 Å². The molecule has 5 nitrogen and oxygen atoms in total. The van der Waals surface area contributed by atoms with E-state index in [4.69, 9.17) is 10.5 Å². The monoisotopic (exact) mass is 302 g/mol. The lowest BCUT2D eigenvalue weighted by Gasteiger charge is -2.18. The minimum Gasteiger partial charge on any atom is -0.492 e. The van der Waals surface area contributed by atoms with Crippen LogP contribution in [0.2, 0.25) is 0 Å². The molecule has 112 valence electrons. The quantitative estimate of drug-likeness (QED) is 0.832. The number of nitrogen functional groups attached to an aromatic ring is 1. The van der Waals surface area contributed by atoms with Gasteiger partial charge in [-0.25, -0.2) is 17.5 Å².